The molecule has 0 aliphatic carbocycles. The lowest BCUT2D eigenvalue weighted by Gasteiger charge is -2.28. The first-order valence-electron chi connectivity index (χ1n) is 8.11. The molecule has 0 saturated heterocycles. The van der Waals surface area contributed by atoms with Crippen LogP contribution in [0.4, 0.5) is 8.78 Å². The van der Waals surface area contributed by atoms with Crippen LogP contribution in [-0.4, -0.2) is 52.9 Å². The number of aliphatic hydroxyl groups is 1. The Labute approximate surface area is 206 Å². The molecular formula is C17H17F2I3O7. The Kier molecular flexibility index (Phi) is 10.4. The first kappa shape index (κ1) is 26.7. The van der Waals surface area contributed by atoms with Gasteiger partial charge in [0.25, 0.3) is 0 Å². The summed E-state index contributed by atoms with van der Waals surface area (Å²) in [5.41, 5.74) is 0.161. The zero-order valence-corrected chi connectivity index (χ0v) is 21.6. The van der Waals surface area contributed by atoms with Crippen LogP contribution in [0.15, 0.2) is 12.1 Å². The Morgan fingerprint density at radius 2 is 1.72 bits per heavy atom. The molecule has 1 aromatic carbocycles. The van der Waals surface area contributed by atoms with Crippen molar-refractivity contribution >= 4 is 85.7 Å². The van der Waals surface area contributed by atoms with E-state index in [-0.39, 0.29) is 5.56 Å². The van der Waals surface area contributed by atoms with Gasteiger partial charge < -0.3 is 19.7 Å². The standard InChI is InChI=1S/C17H17F2I3O7/c1-7(2)13(17(18,19)16(26)27)29-15(25)11(3-4-23)28-14(24)9-5-8(20)6-10(21)12(9)22/h5-7,11,13,23H,3-4H2,1-2H3,(H,26,27). The zero-order chi connectivity index (χ0) is 22.5. The van der Waals surface area contributed by atoms with Gasteiger partial charge in [-0.15, -0.1) is 0 Å². The lowest BCUT2D eigenvalue weighted by Crippen LogP contribution is -2.48. The van der Waals surface area contributed by atoms with Crippen molar-refractivity contribution < 1.29 is 42.9 Å². The van der Waals surface area contributed by atoms with E-state index in [4.69, 9.17) is 19.7 Å². The van der Waals surface area contributed by atoms with Crippen molar-refractivity contribution in [3.05, 3.63) is 28.4 Å². The number of aliphatic hydroxyl groups excluding tert-OH is 1. The molecule has 2 unspecified atom stereocenters. The summed E-state index contributed by atoms with van der Waals surface area (Å²) >= 11 is 5.94. The van der Waals surface area contributed by atoms with Crippen molar-refractivity contribution in [3.8, 4) is 0 Å². The van der Waals surface area contributed by atoms with Gasteiger partial charge in [0.1, 0.15) is 0 Å². The van der Waals surface area contributed by atoms with E-state index in [0.29, 0.717) is 3.57 Å². The quantitative estimate of drug-likeness (QED) is 0.225. The van der Waals surface area contributed by atoms with Gasteiger partial charge in [-0.05, 0) is 85.8 Å². The van der Waals surface area contributed by atoms with Crippen LogP contribution >= 0.6 is 67.8 Å². The maximum Gasteiger partial charge on any atom is 0.378 e. The number of aliphatic carboxylic acids is 1. The molecule has 0 radical (unpaired) electrons. The Bertz CT molecular complexity index is 787. The van der Waals surface area contributed by atoms with E-state index in [1.807, 2.05) is 73.8 Å². The molecule has 2 N–H and O–H groups in total. The smallest absolute Gasteiger partial charge is 0.378 e. The van der Waals surface area contributed by atoms with Gasteiger partial charge in [-0.1, -0.05) is 13.8 Å². The highest BCUT2D eigenvalue weighted by molar-refractivity contribution is 14.1. The van der Waals surface area contributed by atoms with E-state index in [0.717, 1.165) is 7.14 Å². The third-order valence-electron chi connectivity index (χ3n) is 3.61. The molecule has 7 nitrogen and oxygen atoms in total. The molecular weight excluding hydrogens is 735 g/mol. The normalized spacial score (nSPS) is 13.7. The predicted molar refractivity (Wildman–Crippen MR) is 123 cm³/mol. The highest BCUT2D eigenvalue weighted by Gasteiger charge is 2.52. The van der Waals surface area contributed by atoms with Crippen LogP contribution in [0.25, 0.3) is 0 Å². The number of ether oxygens (including phenoxy) is 2. The summed E-state index contributed by atoms with van der Waals surface area (Å²) in [6.45, 7) is 1.94. The fourth-order valence-electron chi connectivity index (χ4n) is 2.19. The number of alkyl halides is 2. The Hall–Kier alpha value is -0.360. The van der Waals surface area contributed by atoms with Gasteiger partial charge in [0, 0.05) is 23.7 Å². The molecule has 12 heteroatoms. The fourth-order valence-corrected chi connectivity index (χ4v) is 4.57. The highest BCUT2D eigenvalue weighted by Crippen LogP contribution is 2.29. The summed E-state index contributed by atoms with van der Waals surface area (Å²) in [7, 11) is 0. The van der Waals surface area contributed by atoms with Gasteiger partial charge in [0.15, 0.2) is 6.10 Å². The second kappa shape index (κ2) is 11.3. The van der Waals surface area contributed by atoms with E-state index in [2.05, 4.69) is 0 Å². The molecule has 0 saturated carbocycles. The minimum absolute atomic E-state index is 0.161. The minimum Gasteiger partial charge on any atom is -0.477 e. The van der Waals surface area contributed by atoms with Gasteiger partial charge in [0.2, 0.25) is 6.10 Å². The van der Waals surface area contributed by atoms with E-state index in [9.17, 15) is 23.2 Å². The second-order valence-electron chi connectivity index (χ2n) is 6.19. The third-order valence-corrected chi connectivity index (χ3v) is 7.28. The molecule has 0 spiro atoms. The number of hydrogen-bond donors (Lipinski definition) is 2. The van der Waals surface area contributed by atoms with Crippen LogP contribution in [-0.2, 0) is 19.1 Å². The first-order valence-corrected chi connectivity index (χ1v) is 11.3. The van der Waals surface area contributed by atoms with Crippen molar-refractivity contribution in [2.75, 3.05) is 6.61 Å². The summed E-state index contributed by atoms with van der Waals surface area (Å²) in [5, 5.41) is 17.9. The van der Waals surface area contributed by atoms with Gasteiger partial charge >= 0.3 is 23.8 Å². The minimum atomic E-state index is -4.33. The Morgan fingerprint density at radius 1 is 1.14 bits per heavy atom. The monoisotopic (exact) mass is 752 g/mol. The van der Waals surface area contributed by atoms with Crippen molar-refractivity contribution in [1.29, 1.82) is 0 Å². The summed E-state index contributed by atoms with van der Waals surface area (Å²) < 4.78 is 39.7. The zero-order valence-electron chi connectivity index (χ0n) is 15.1. The number of esters is 2. The number of carboxylic acids is 1. The molecule has 1 rings (SSSR count). The van der Waals surface area contributed by atoms with Crippen LogP contribution in [0.1, 0.15) is 30.6 Å². The molecule has 162 valence electrons. The van der Waals surface area contributed by atoms with Crippen molar-refractivity contribution in [2.24, 2.45) is 5.92 Å². The van der Waals surface area contributed by atoms with Crippen molar-refractivity contribution in [3.63, 3.8) is 0 Å². The lowest BCUT2D eigenvalue weighted by atomic mass is 10.0. The second-order valence-corrected chi connectivity index (χ2v) is 9.67. The number of benzene rings is 1. The molecule has 0 bridgehead atoms. The number of carbonyl (C=O) groups excluding carboxylic acids is 2. The van der Waals surface area contributed by atoms with Crippen molar-refractivity contribution in [2.45, 2.75) is 38.4 Å². The first-order chi connectivity index (χ1) is 13.3. The molecule has 2 atom stereocenters. The van der Waals surface area contributed by atoms with E-state index >= 15 is 0 Å². The van der Waals surface area contributed by atoms with Gasteiger partial charge in [0.05, 0.1) is 5.56 Å². The summed E-state index contributed by atoms with van der Waals surface area (Å²) in [6, 6.07) is 3.35. The van der Waals surface area contributed by atoms with Gasteiger partial charge in [-0.2, -0.15) is 8.78 Å². The number of carbonyl (C=O) groups is 3. The third kappa shape index (κ3) is 7.09. The molecule has 0 aliphatic rings. The molecule has 29 heavy (non-hydrogen) atoms. The molecule has 0 heterocycles. The molecule has 0 amide bonds. The number of carboxylic acid groups (broad SMARTS) is 1. The highest BCUT2D eigenvalue weighted by atomic mass is 127. The topological polar surface area (TPSA) is 110 Å². The SMILES string of the molecule is CC(C)C(OC(=O)C(CCO)OC(=O)c1cc(I)cc(I)c1I)C(F)(F)C(=O)O. The molecule has 0 aliphatic heterocycles. The molecule has 1 aromatic rings. The number of hydrogen-bond acceptors (Lipinski definition) is 6. The average molecular weight is 752 g/mol. The van der Waals surface area contributed by atoms with E-state index in [1.54, 1.807) is 0 Å². The van der Waals surface area contributed by atoms with E-state index < -0.39 is 55.0 Å². The largest absolute Gasteiger partial charge is 0.477 e. The average Bonchev–Trinajstić information content (AvgIpc) is 2.61. The van der Waals surface area contributed by atoms with Gasteiger partial charge in [-0.25, -0.2) is 14.4 Å². The number of rotatable bonds is 9. The maximum absolute atomic E-state index is 13.9. The summed E-state index contributed by atoms with van der Waals surface area (Å²) in [6.07, 6.45) is -4.35. The van der Waals surface area contributed by atoms with Crippen LogP contribution in [0.5, 0.6) is 0 Å². The van der Waals surface area contributed by atoms with E-state index in [1.165, 1.54) is 19.9 Å². The van der Waals surface area contributed by atoms with Crippen LogP contribution < -0.4 is 0 Å². The van der Waals surface area contributed by atoms with Crippen molar-refractivity contribution in [1.82, 2.24) is 0 Å². The lowest BCUT2D eigenvalue weighted by molar-refractivity contribution is -0.203. The van der Waals surface area contributed by atoms with Crippen LogP contribution in [0.2, 0.25) is 0 Å². The summed E-state index contributed by atoms with van der Waals surface area (Å²) in [5.74, 6) is -10.1. The molecule has 0 fully saturated rings. The summed E-state index contributed by atoms with van der Waals surface area (Å²) in [4.78, 5) is 35.7. The van der Waals surface area contributed by atoms with Gasteiger partial charge in [-0.3, -0.25) is 0 Å². The Balaban J connectivity index is 3.09. The predicted octanol–water partition coefficient (Wildman–Crippen LogP) is 3.70. The van der Waals surface area contributed by atoms with Crippen LogP contribution in [0, 0.1) is 16.6 Å². The number of halogens is 5. The maximum atomic E-state index is 13.9. The van der Waals surface area contributed by atoms with Crippen LogP contribution in [0.3, 0.4) is 0 Å². The molecule has 0 aromatic heterocycles. The Morgan fingerprint density at radius 3 is 2.21 bits per heavy atom. The fraction of sp³-hybridized carbons (Fsp3) is 0.471.